The van der Waals surface area contributed by atoms with E-state index in [0.29, 0.717) is 5.56 Å². The molecule has 0 saturated carbocycles. The molecule has 0 spiro atoms. The largest absolute Gasteiger partial charge is 0.324 e. The fraction of sp³-hybridized carbons (Fsp3) is 0.375. The number of nitrogens with two attached hydrogens (primary N) is 1. The normalized spacial score (nSPS) is 13.3. The first-order valence-corrected chi connectivity index (χ1v) is 3.64. The molecule has 1 atom stereocenters. The van der Waals surface area contributed by atoms with Crippen LogP contribution in [0, 0.1) is 0 Å². The molecular weight excluding hydrogens is 162 g/mol. The van der Waals surface area contributed by atoms with Crippen molar-refractivity contribution in [2.24, 2.45) is 5.73 Å². The van der Waals surface area contributed by atoms with Crippen LogP contribution < -0.4 is 5.73 Å². The number of rotatable bonds is 3. The van der Waals surface area contributed by atoms with E-state index < -0.39 is 12.5 Å². The average Bonchev–Trinajstić information content (AvgIpc) is 2.05. The highest BCUT2D eigenvalue weighted by molar-refractivity contribution is 5.14. The second kappa shape index (κ2) is 4.11. The highest BCUT2D eigenvalue weighted by atomic mass is 19.3. The van der Waals surface area contributed by atoms with E-state index in [2.05, 4.69) is 4.98 Å². The lowest BCUT2D eigenvalue weighted by atomic mass is 10.1. The summed E-state index contributed by atoms with van der Waals surface area (Å²) in [6.45, 7) is 0. The summed E-state index contributed by atoms with van der Waals surface area (Å²) >= 11 is 0. The summed E-state index contributed by atoms with van der Waals surface area (Å²) in [5, 5.41) is 0. The molecule has 2 N–H and O–H groups in total. The number of halogens is 2. The molecule has 4 heteroatoms. The number of nitrogens with zero attached hydrogens (tertiary/aromatic N) is 1. The van der Waals surface area contributed by atoms with Crippen molar-refractivity contribution < 1.29 is 8.78 Å². The zero-order valence-electron chi connectivity index (χ0n) is 6.45. The molecule has 1 aromatic heterocycles. The molecule has 0 saturated heterocycles. The monoisotopic (exact) mass is 172 g/mol. The van der Waals surface area contributed by atoms with E-state index in [4.69, 9.17) is 5.73 Å². The second-order valence-corrected chi connectivity index (χ2v) is 2.51. The van der Waals surface area contributed by atoms with E-state index in [9.17, 15) is 8.78 Å². The molecule has 0 aromatic carbocycles. The minimum absolute atomic E-state index is 0.302. The first-order chi connectivity index (χ1) is 5.70. The molecule has 0 amide bonds. The minimum Gasteiger partial charge on any atom is -0.324 e. The molecule has 1 heterocycles. The van der Waals surface area contributed by atoms with Gasteiger partial charge in [-0.15, -0.1) is 0 Å². The van der Waals surface area contributed by atoms with Gasteiger partial charge in [0, 0.05) is 24.9 Å². The summed E-state index contributed by atoms with van der Waals surface area (Å²) in [5.41, 5.74) is 6.19. The standard InChI is InChI=1S/C8H10F2N2/c9-8(10)5-7(11)6-1-3-12-4-2-6/h1-4,7-8H,5,11H2/t7-/m0/s1. The lowest BCUT2D eigenvalue weighted by Gasteiger charge is -2.09. The van der Waals surface area contributed by atoms with Crippen molar-refractivity contribution in [3.8, 4) is 0 Å². The molecule has 0 aliphatic rings. The number of alkyl halides is 2. The SMILES string of the molecule is N[C@@H](CC(F)F)c1ccncc1. The Hall–Kier alpha value is -1.03. The maximum absolute atomic E-state index is 11.9. The summed E-state index contributed by atoms with van der Waals surface area (Å²) in [5.74, 6) is 0. The van der Waals surface area contributed by atoms with Gasteiger partial charge in [-0.25, -0.2) is 8.78 Å². The highest BCUT2D eigenvalue weighted by Crippen LogP contribution is 2.16. The van der Waals surface area contributed by atoms with E-state index in [1.165, 1.54) is 0 Å². The van der Waals surface area contributed by atoms with Crippen LogP contribution in [0.3, 0.4) is 0 Å². The molecule has 0 radical (unpaired) electrons. The third-order valence-corrected chi connectivity index (χ3v) is 1.57. The molecule has 0 aliphatic heterocycles. The number of hydrogen-bond acceptors (Lipinski definition) is 2. The van der Waals surface area contributed by atoms with Gasteiger partial charge in [-0.05, 0) is 17.7 Å². The molecule has 0 unspecified atom stereocenters. The van der Waals surface area contributed by atoms with Crippen LogP contribution in [0.15, 0.2) is 24.5 Å². The van der Waals surface area contributed by atoms with Crippen molar-refractivity contribution in [2.45, 2.75) is 18.9 Å². The van der Waals surface area contributed by atoms with Gasteiger partial charge in [-0.1, -0.05) is 0 Å². The van der Waals surface area contributed by atoms with Crippen LogP contribution in [0.1, 0.15) is 18.0 Å². The Morgan fingerprint density at radius 2 is 1.92 bits per heavy atom. The van der Waals surface area contributed by atoms with Gasteiger partial charge >= 0.3 is 0 Å². The van der Waals surface area contributed by atoms with E-state index in [1.807, 2.05) is 0 Å². The van der Waals surface area contributed by atoms with E-state index in [1.54, 1.807) is 24.5 Å². The molecular formula is C8H10F2N2. The van der Waals surface area contributed by atoms with Crippen LogP contribution in [0.5, 0.6) is 0 Å². The van der Waals surface area contributed by atoms with Gasteiger partial charge in [0.15, 0.2) is 0 Å². The fourth-order valence-corrected chi connectivity index (χ4v) is 0.939. The second-order valence-electron chi connectivity index (χ2n) is 2.51. The number of pyridine rings is 1. The predicted octanol–water partition coefficient (Wildman–Crippen LogP) is 1.74. The lowest BCUT2D eigenvalue weighted by molar-refractivity contribution is 0.128. The third-order valence-electron chi connectivity index (χ3n) is 1.57. The summed E-state index contributed by atoms with van der Waals surface area (Å²) in [6, 6.07) is 2.70. The van der Waals surface area contributed by atoms with Gasteiger partial charge in [-0.3, -0.25) is 4.98 Å². The highest BCUT2D eigenvalue weighted by Gasteiger charge is 2.11. The van der Waals surface area contributed by atoms with Crippen LogP contribution in [0.25, 0.3) is 0 Å². The molecule has 0 aliphatic carbocycles. The van der Waals surface area contributed by atoms with Crippen LogP contribution in [0.2, 0.25) is 0 Å². The summed E-state index contributed by atoms with van der Waals surface area (Å²) in [7, 11) is 0. The minimum atomic E-state index is -2.35. The topological polar surface area (TPSA) is 38.9 Å². The number of hydrogen-bond donors (Lipinski definition) is 1. The van der Waals surface area contributed by atoms with Crippen molar-refractivity contribution in [1.29, 1.82) is 0 Å². The molecule has 2 nitrogen and oxygen atoms in total. The molecule has 0 bridgehead atoms. The van der Waals surface area contributed by atoms with Crippen LogP contribution in [-0.2, 0) is 0 Å². The van der Waals surface area contributed by atoms with Crippen molar-refractivity contribution in [3.63, 3.8) is 0 Å². The zero-order valence-corrected chi connectivity index (χ0v) is 6.45. The Morgan fingerprint density at radius 1 is 1.33 bits per heavy atom. The molecule has 0 fully saturated rings. The Balaban J connectivity index is 2.59. The molecule has 12 heavy (non-hydrogen) atoms. The van der Waals surface area contributed by atoms with Crippen molar-refractivity contribution in [1.82, 2.24) is 4.98 Å². The fourth-order valence-electron chi connectivity index (χ4n) is 0.939. The quantitative estimate of drug-likeness (QED) is 0.754. The van der Waals surface area contributed by atoms with Gasteiger partial charge in [0.2, 0.25) is 6.43 Å². The van der Waals surface area contributed by atoms with E-state index in [0.717, 1.165) is 0 Å². The van der Waals surface area contributed by atoms with Crippen molar-refractivity contribution in [2.75, 3.05) is 0 Å². The summed E-state index contributed by atoms with van der Waals surface area (Å²) < 4.78 is 23.8. The first kappa shape index (κ1) is 9.06. The Morgan fingerprint density at radius 3 is 2.42 bits per heavy atom. The summed E-state index contributed by atoms with van der Waals surface area (Å²) in [4.78, 5) is 3.76. The molecule has 1 aromatic rings. The van der Waals surface area contributed by atoms with Crippen LogP contribution >= 0.6 is 0 Å². The van der Waals surface area contributed by atoms with Crippen LogP contribution in [0.4, 0.5) is 8.78 Å². The van der Waals surface area contributed by atoms with Crippen molar-refractivity contribution >= 4 is 0 Å². The number of aromatic nitrogens is 1. The predicted molar refractivity (Wildman–Crippen MR) is 41.8 cm³/mol. The smallest absolute Gasteiger partial charge is 0.240 e. The Labute approximate surface area is 69.4 Å². The van der Waals surface area contributed by atoms with Crippen LogP contribution in [-0.4, -0.2) is 11.4 Å². The maximum atomic E-state index is 11.9. The van der Waals surface area contributed by atoms with Crippen molar-refractivity contribution in [3.05, 3.63) is 30.1 Å². The Bertz CT molecular complexity index is 226. The van der Waals surface area contributed by atoms with Gasteiger partial charge in [0.1, 0.15) is 0 Å². The summed E-state index contributed by atoms with van der Waals surface area (Å²) in [6.07, 6.45) is 0.430. The van der Waals surface area contributed by atoms with Gasteiger partial charge in [0.25, 0.3) is 0 Å². The molecule has 1 rings (SSSR count). The molecule has 66 valence electrons. The zero-order chi connectivity index (χ0) is 8.97. The lowest BCUT2D eigenvalue weighted by Crippen LogP contribution is -2.13. The maximum Gasteiger partial charge on any atom is 0.240 e. The van der Waals surface area contributed by atoms with Gasteiger partial charge in [0.05, 0.1) is 0 Å². The Kier molecular flexibility index (Phi) is 3.10. The average molecular weight is 172 g/mol. The van der Waals surface area contributed by atoms with Gasteiger partial charge in [-0.2, -0.15) is 0 Å². The van der Waals surface area contributed by atoms with E-state index in [-0.39, 0.29) is 6.42 Å². The van der Waals surface area contributed by atoms with E-state index >= 15 is 0 Å². The van der Waals surface area contributed by atoms with Gasteiger partial charge < -0.3 is 5.73 Å². The third kappa shape index (κ3) is 2.54. The first-order valence-electron chi connectivity index (χ1n) is 3.64.